The third-order valence-corrected chi connectivity index (χ3v) is 1.62. The zero-order valence-electron chi connectivity index (χ0n) is 7.09. The van der Waals surface area contributed by atoms with Gasteiger partial charge in [-0.1, -0.05) is 30.7 Å². The van der Waals surface area contributed by atoms with Gasteiger partial charge in [-0.05, 0) is 17.0 Å². The Kier molecular flexibility index (Phi) is 4.14. The van der Waals surface area contributed by atoms with Gasteiger partial charge in [-0.2, -0.15) is 0 Å². The number of para-hydroxylation sites is 1. The molecule has 0 radical (unpaired) electrons. The van der Waals surface area contributed by atoms with Crippen LogP contribution in [0.3, 0.4) is 0 Å². The highest BCUT2D eigenvalue weighted by Crippen LogP contribution is 2.16. The van der Waals surface area contributed by atoms with Gasteiger partial charge in [0.1, 0.15) is 12.4 Å². The van der Waals surface area contributed by atoms with Gasteiger partial charge in [0.2, 0.25) is 0 Å². The van der Waals surface area contributed by atoms with Crippen LogP contribution in [0.2, 0.25) is 0 Å². The molecule has 0 aromatic heterocycles. The maximum atomic E-state index is 5.40. The van der Waals surface area contributed by atoms with Crippen LogP contribution in [0.15, 0.2) is 36.9 Å². The third kappa shape index (κ3) is 2.96. The van der Waals surface area contributed by atoms with E-state index < -0.39 is 0 Å². The Morgan fingerprint density at radius 3 is 2.92 bits per heavy atom. The molecule has 0 fully saturated rings. The van der Waals surface area contributed by atoms with E-state index in [2.05, 4.69) is 33.3 Å². The molecule has 0 unspecified atom stereocenters. The van der Waals surface area contributed by atoms with E-state index in [0.29, 0.717) is 6.61 Å². The standard InChI is InChI=1S/C11H9BrO/c1-2-9-13-11-6-4-3-5-10(11)7-8-12/h2-6H,1,9H2. The van der Waals surface area contributed by atoms with Crippen LogP contribution < -0.4 is 4.74 Å². The van der Waals surface area contributed by atoms with Gasteiger partial charge in [-0.3, -0.25) is 0 Å². The average molecular weight is 237 g/mol. The number of benzene rings is 1. The van der Waals surface area contributed by atoms with Gasteiger partial charge < -0.3 is 4.74 Å². The van der Waals surface area contributed by atoms with E-state index in [1.165, 1.54) is 0 Å². The van der Waals surface area contributed by atoms with Crippen LogP contribution in [-0.4, -0.2) is 6.61 Å². The van der Waals surface area contributed by atoms with Crippen molar-refractivity contribution in [2.75, 3.05) is 6.61 Å². The van der Waals surface area contributed by atoms with Gasteiger partial charge in [-0.25, -0.2) is 0 Å². The van der Waals surface area contributed by atoms with Gasteiger partial charge in [0.15, 0.2) is 0 Å². The Hall–Kier alpha value is -1.20. The summed E-state index contributed by atoms with van der Waals surface area (Å²) in [7, 11) is 0. The highest BCUT2D eigenvalue weighted by atomic mass is 79.9. The zero-order valence-corrected chi connectivity index (χ0v) is 8.67. The van der Waals surface area contributed by atoms with E-state index in [9.17, 15) is 0 Å². The molecular formula is C11H9BrO. The summed E-state index contributed by atoms with van der Waals surface area (Å²) in [5.74, 6) is 3.68. The lowest BCUT2D eigenvalue weighted by molar-refractivity contribution is 0.362. The second-order valence-electron chi connectivity index (χ2n) is 2.32. The summed E-state index contributed by atoms with van der Waals surface area (Å²) in [5, 5.41) is 0. The average Bonchev–Trinajstić information content (AvgIpc) is 2.17. The molecule has 0 saturated carbocycles. The number of hydrogen-bond acceptors (Lipinski definition) is 1. The molecule has 0 N–H and O–H groups in total. The van der Waals surface area contributed by atoms with E-state index in [4.69, 9.17) is 4.74 Å². The van der Waals surface area contributed by atoms with Crippen molar-refractivity contribution in [2.45, 2.75) is 0 Å². The molecule has 13 heavy (non-hydrogen) atoms. The predicted molar refractivity (Wildman–Crippen MR) is 57.9 cm³/mol. The highest BCUT2D eigenvalue weighted by molar-refractivity contribution is 9.12. The number of hydrogen-bond donors (Lipinski definition) is 0. The minimum absolute atomic E-state index is 0.501. The largest absolute Gasteiger partial charge is 0.488 e. The topological polar surface area (TPSA) is 9.23 Å². The summed E-state index contributed by atoms with van der Waals surface area (Å²) in [6.07, 6.45) is 1.71. The quantitative estimate of drug-likeness (QED) is 0.580. The molecular weight excluding hydrogens is 228 g/mol. The van der Waals surface area contributed by atoms with E-state index >= 15 is 0 Å². The molecule has 0 bridgehead atoms. The lowest BCUT2D eigenvalue weighted by Gasteiger charge is -2.04. The minimum atomic E-state index is 0.501. The van der Waals surface area contributed by atoms with E-state index in [-0.39, 0.29) is 0 Å². The van der Waals surface area contributed by atoms with Crippen molar-refractivity contribution in [3.63, 3.8) is 0 Å². The molecule has 1 aromatic rings. The van der Waals surface area contributed by atoms with Crippen LogP contribution in [0.4, 0.5) is 0 Å². The summed E-state index contributed by atoms with van der Waals surface area (Å²) in [6, 6.07) is 7.63. The van der Waals surface area contributed by atoms with Gasteiger partial charge in [-0.15, -0.1) is 0 Å². The van der Waals surface area contributed by atoms with Crippen LogP contribution in [-0.2, 0) is 0 Å². The van der Waals surface area contributed by atoms with Crippen LogP contribution >= 0.6 is 15.9 Å². The fourth-order valence-corrected chi connectivity index (χ4v) is 1.11. The molecule has 0 saturated heterocycles. The van der Waals surface area contributed by atoms with Crippen molar-refractivity contribution in [3.8, 4) is 16.5 Å². The third-order valence-electron chi connectivity index (χ3n) is 1.43. The Bertz CT molecular complexity index is 347. The normalized spacial score (nSPS) is 8.38. The van der Waals surface area contributed by atoms with Crippen molar-refractivity contribution in [3.05, 3.63) is 42.5 Å². The Labute approximate surface area is 86.5 Å². The van der Waals surface area contributed by atoms with Crippen molar-refractivity contribution in [1.82, 2.24) is 0 Å². The molecule has 0 atom stereocenters. The van der Waals surface area contributed by atoms with E-state index in [1.807, 2.05) is 24.3 Å². The first-order chi connectivity index (χ1) is 6.38. The lowest BCUT2D eigenvalue weighted by Crippen LogP contribution is -1.94. The van der Waals surface area contributed by atoms with Gasteiger partial charge >= 0.3 is 0 Å². The second kappa shape index (κ2) is 5.45. The lowest BCUT2D eigenvalue weighted by atomic mass is 10.2. The number of ether oxygens (including phenoxy) is 1. The molecule has 0 aliphatic carbocycles. The second-order valence-corrected chi connectivity index (χ2v) is 2.71. The van der Waals surface area contributed by atoms with Gasteiger partial charge in [0.05, 0.1) is 5.56 Å². The first-order valence-electron chi connectivity index (χ1n) is 3.83. The van der Waals surface area contributed by atoms with Crippen LogP contribution in [0, 0.1) is 10.8 Å². The highest BCUT2D eigenvalue weighted by Gasteiger charge is 1.97. The van der Waals surface area contributed by atoms with Crippen LogP contribution in [0.1, 0.15) is 5.56 Å². The first-order valence-corrected chi connectivity index (χ1v) is 4.62. The van der Waals surface area contributed by atoms with Crippen LogP contribution in [0.5, 0.6) is 5.75 Å². The Balaban J connectivity index is 2.88. The molecule has 0 aliphatic heterocycles. The van der Waals surface area contributed by atoms with Gasteiger partial charge in [0, 0.05) is 15.9 Å². The van der Waals surface area contributed by atoms with E-state index in [1.54, 1.807) is 6.08 Å². The SMILES string of the molecule is C=CCOc1ccccc1C#CBr. The fraction of sp³-hybridized carbons (Fsp3) is 0.0909. The van der Waals surface area contributed by atoms with Crippen molar-refractivity contribution >= 4 is 15.9 Å². The molecule has 0 spiro atoms. The summed E-state index contributed by atoms with van der Waals surface area (Å²) in [4.78, 5) is 2.66. The summed E-state index contributed by atoms with van der Waals surface area (Å²) in [5.41, 5.74) is 0.876. The number of halogens is 1. The molecule has 1 nitrogen and oxygen atoms in total. The first kappa shape index (κ1) is 9.88. The summed E-state index contributed by atoms with van der Waals surface area (Å²) < 4.78 is 5.40. The fourth-order valence-electron chi connectivity index (χ4n) is 0.895. The molecule has 1 rings (SSSR count). The maximum Gasteiger partial charge on any atom is 0.135 e. The van der Waals surface area contributed by atoms with E-state index in [0.717, 1.165) is 11.3 Å². The Morgan fingerprint density at radius 2 is 2.23 bits per heavy atom. The number of rotatable bonds is 3. The molecule has 2 heteroatoms. The molecule has 0 aliphatic rings. The molecule has 0 amide bonds. The molecule has 0 heterocycles. The predicted octanol–water partition coefficient (Wildman–Crippen LogP) is 2.96. The monoisotopic (exact) mass is 236 g/mol. The van der Waals surface area contributed by atoms with Crippen LogP contribution in [0.25, 0.3) is 0 Å². The minimum Gasteiger partial charge on any atom is -0.488 e. The summed E-state index contributed by atoms with van der Waals surface area (Å²) >= 11 is 3.05. The van der Waals surface area contributed by atoms with Crippen molar-refractivity contribution in [2.24, 2.45) is 0 Å². The molecule has 66 valence electrons. The smallest absolute Gasteiger partial charge is 0.135 e. The van der Waals surface area contributed by atoms with Crippen molar-refractivity contribution in [1.29, 1.82) is 0 Å². The van der Waals surface area contributed by atoms with Gasteiger partial charge in [0.25, 0.3) is 0 Å². The summed E-state index contributed by atoms with van der Waals surface area (Å²) in [6.45, 7) is 4.08. The zero-order chi connectivity index (χ0) is 9.52. The maximum absolute atomic E-state index is 5.40. The Morgan fingerprint density at radius 1 is 1.46 bits per heavy atom. The van der Waals surface area contributed by atoms with Crippen molar-refractivity contribution < 1.29 is 4.74 Å². The molecule has 1 aromatic carbocycles.